The van der Waals surface area contributed by atoms with Gasteiger partial charge in [0.1, 0.15) is 29.8 Å². The second-order valence-corrected chi connectivity index (χ2v) is 9.20. The van der Waals surface area contributed by atoms with E-state index >= 15 is 0 Å². The highest BCUT2D eigenvalue weighted by Crippen LogP contribution is 2.35. The van der Waals surface area contributed by atoms with Crippen LogP contribution >= 0.6 is 11.6 Å². The summed E-state index contributed by atoms with van der Waals surface area (Å²) in [7, 11) is 0. The van der Waals surface area contributed by atoms with Gasteiger partial charge in [-0.2, -0.15) is 5.10 Å². The van der Waals surface area contributed by atoms with Crippen LogP contribution in [0.2, 0.25) is 5.02 Å². The van der Waals surface area contributed by atoms with E-state index in [4.69, 9.17) is 16.3 Å². The molecule has 0 saturated carbocycles. The fraction of sp³-hybridized carbons (Fsp3) is 0.269. The van der Waals surface area contributed by atoms with Crippen LogP contribution < -0.4 is 4.74 Å². The minimum atomic E-state index is -1.06. The minimum absolute atomic E-state index is 0.0101. The number of para-hydroxylation sites is 1. The van der Waals surface area contributed by atoms with Gasteiger partial charge in [-0.25, -0.2) is 18.4 Å². The molecule has 1 amide bonds. The van der Waals surface area contributed by atoms with Crippen molar-refractivity contribution in [3.05, 3.63) is 82.3 Å². The Balaban J connectivity index is 1.51. The lowest BCUT2D eigenvalue weighted by Gasteiger charge is -2.27. The summed E-state index contributed by atoms with van der Waals surface area (Å²) >= 11 is 6.43. The van der Waals surface area contributed by atoms with Crippen LogP contribution in [0.25, 0.3) is 16.6 Å². The molecule has 7 nitrogen and oxygen atoms in total. The van der Waals surface area contributed by atoms with Crippen LogP contribution in [0.5, 0.6) is 5.75 Å². The third-order valence-corrected chi connectivity index (χ3v) is 6.74. The minimum Gasteiger partial charge on any atom is -0.487 e. The molecule has 36 heavy (non-hydrogen) atoms. The number of nitrogens with zero attached hydrogens (tertiary/aromatic N) is 4. The number of hydrogen-bond acceptors (Lipinski definition) is 5. The first-order valence-corrected chi connectivity index (χ1v) is 11.8. The lowest BCUT2D eigenvalue weighted by atomic mass is 10.00. The molecular formula is C26H23ClF2N4O3. The number of likely N-dealkylation sites (tertiary alicyclic amines) is 1. The SMILES string of the molecule is Cc1cc(-n2cc(F)cn2)c2cccc(OCc3c(Cl)cc(F)cc3[C@H](C)N3CC[C@@H](O)C3=O)c2n1. The number of aryl methyl sites for hydroxylation is 1. The molecule has 186 valence electrons. The topological polar surface area (TPSA) is 80.5 Å². The van der Waals surface area contributed by atoms with E-state index in [0.717, 1.165) is 6.20 Å². The lowest BCUT2D eigenvalue weighted by molar-refractivity contribution is -0.136. The molecule has 1 saturated heterocycles. The number of pyridine rings is 1. The Hall–Kier alpha value is -3.56. The van der Waals surface area contributed by atoms with Gasteiger partial charge < -0.3 is 14.7 Å². The maximum Gasteiger partial charge on any atom is 0.251 e. The molecule has 5 rings (SSSR count). The molecule has 1 aliphatic rings. The van der Waals surface area contributed by atoms with Crippen LogP contribution in [0.4, 0.5) is 8.78 Å². The molecule has 2 aromatic heterocycles. The summed E-state index contributed by atoms with van der Waals surface area (Å²) in [6.45, 7) is 3.93. The molecule has 0 bridgehead atoms. The van der Waals surface area contributed by atoms with E-state index in [9.17, 15) is 18.7 Å². The number of aliphatic hydroxyl groups excluding tert-OH is 1. The molecule has 4 aromatic rings. The van der Waals surface area contributed by atoms with E-state index in [0.29, 0.717) is 52.1 Å². The van der Waals surface area contributed by atoms with Crippen molar-refractivity contribution < 1.29 is 23.4 Å². The number of fused-ring (bicyclic) bond motifs is 1. The average Bonchev–Trinajstić information content (AvgIpc) is 3.42. The van der Waals surface area contributed by atoms with Crippen molar-refractivity contribution in [3.63, 3.8) is 0 Å². The number of aliphatic hydroxyl groups is 1. The molecule has 10 heteroatoms. The first-order valence-electron chi connectivity index (χ1n) is 11.4. The molecular weight excluding hydrogens is 490 g/mol. The summed E-state index contributed by atoms with van der Waals surface area (Å²) in [5.41, 5.74) is 2.91. The zero-order chi connectivity index (χ0) is 25.6. The smallest absolute Gasteiger partial charge is 0.251 e. The Labute approximate surface area is 210 Å². The van der Waals surface area contributed by atoms with Crippen molar-refractivity contribution >= 4 is 28.4 Å². The third kappa shape index (κ3) is 4.40. The average molecular weight is 513 g/mol. The van der Waals surface area contributed by atoms with Crippen molar-refractivity contribution in [3.8, 4) is 11.4 Å². The predicted molar refractivity (Wildman–Crippen MR) is 130 cm³/mol. The van der Waals surface area contributed by atoms with Gasteiger partial charge in [0.25, 0.3) is 5.91 Å². The first-order chi connectivity index (χ1) is 17.2. The van der Waals surface area contributed by atoms with Crippen LogP contribution in [0.15, 0.2) is 48.8 Å². The first kappa shape index (κ1) is 24.1. The van der Waals surface area contributed by atoms with Gasteiger partial charge in [-0.1, -0.05) is 23.7 Å². The molecule has 0 unspecified atom stereocenters. The number of carbonyl (C=O) groups is 1. The van der Waals surface area contributed by atoms with Gasteiger partial charge in [0, 0.05) is 23.2 Å². The molecule has 1 fully saturated rings. The van der Waals surface area contributed by atoms with Crippen LogP contribution in [0.1, 0.15) is 36.2 Å². The van der Waals surface area contributed by atoms with Gasteiger partial charge in [-0.15, -0.1) is 0 Å². The zero-order valence-corrected chi connectivity index (χ0v) is 20.3. The predicted octanol–water partition coefficient (Wildman–Crippen LogP) is 4.89. The highest BCUT2D eigenvalue weighted by molar-refractivity contribution is 6.31. The maximum atomic E-state index is 14.3. The number of amides is 1. The summed E-state index contributed by atoms with van der Waals surface area (Å²) in [5.74, 6) is -0.930. The van der Waals surface area contributed by atoms with Gasteiger partial charge >= 0.3 is 0 Å². The molecule has 3 heterocycles. The monoisotopic (exact) mass is 512 g/mol. The summed E-state index contributed by atoms with van der Waals surface area (Å²) in [6.07, 6.45) is 1.68. The normalized spacial score (nSPS) is 16.7. The van der Waals surface area contributed by atoms with Crippen molar-refractivity contribution in [2.45, 2.75) is 39.0 Å². The standard InChI is InChI=1S/C26H23ClF2N4O3/c1-14-8-22(33-12-17(29)11-30-33)18-4-3-5-24(25(18)31-14)36-13-20-19(9-16(28)10-21(20)27)15(2)32-7-6-23(34)26(32)35/h3-5,8-12,15,23,34H,6-7,13H2,1-2H3/t15-,23+/m0/s1. The maximum absolute atomic E-state index is 14.3. The van der Waals surface area contributed by atoms with Crippen molar-refractivity contribution in [2.75, 3.05) is 6.54 Å². The highest BCUT2D eigenvalue weighted by atomic mass is 35.5. The Morgan fingerprint density at radius 3 is 2.75 bits per heavy atom. The number of ether oxygens (including phenoxy) is 1. The van der Waals surface area contributed by atoms with Gasteiger partial charge in [0.2, 0.25) is 0 Å². The summed E-state index contributed by atoms with van der Waals surface area (Å²) in [6, 6.07) is 9.20. The van der Waals surface area contributed by atoms with Crippen molar-refractivity contribution in [2.24, 2.45) is 0 Å². The van der Waals surface area contributed by atoms with E-state index in [2.05, 4.69) is 10.1 Å². The number of halogens is 3. The number of carbonyl (C=O) groups excluding carboxylic acids is 1. The second kappa shape index (κ2) is 9.48. The Morgan fingerprint density at radius 2 is 2.06 bits per heavy atom. The van der Waals surface area contributed by atoms with E-state index in [1.807, 2.05) is 13.0 Å². The third-order valence-electron chi connectivity index (χ3n) is 6.40. The summed E-state index contributed by atoms with van der Waals surface area (Å²) in [4.78, 5) is 18.5. The lowest BCUT2D eigenvalue weighted by Crippen LogP contribution is -2.32. The zero-order valence-electron chi connectivity index (χ0n) is 19.6. The molecule has 1 aliphatic heterocycles. The van der Waals surface area contributed by atoms with Gasteiger partial charge in [-0.05, 0) is 50.1 Å². The molecule has 0 aliphatic carbocycles. The summed E-state index contributed by atoms with van der Waals surface area (Å²) < 4.78 is 35.5. The quantitative estimate of drug-likeness (QED) is 0.398. The van der Waals surface area contributed by atoms with E-state index in [-0.39, 0.29) is 11.6 Å². The van der Waals surface area contributed by atoms with Gasteiger partial charge in [0.05, 0.1) is 29.1 Å². The number of hydrogen-bond donors (Lipinski definition) is 1. The van der Waals surface area contributed by atoms with Crippen LogP contribution in [-0.2, 0) is 11.4 Å². The number of benzene rings is 2. The molecule has 2 atom stereocenters. The molecule has 1 N–H and O–H groups in total. The van der Waals surface area contributed by atoms with Crippen LogP contribution in [-0.4, -0.2) is 43.3 Å². The number of aromatic nitrogens is 3. The Kier molecular flexibility index (Phi) is 6.36. The summed E-state index contributed by atoms with van der Waals surface area (Å²) in [5, 5.41) is 14.8. The fourth-order valence-electron chi connectivity index (χ4n) is 4.60. The molecule has 0 spiro atoms. The molecule has 2 aromatic carbocycles. The van der Waals surface area contributed by atoms with Crippen molar-refractivity contribution in [1.82, 2.24) is 19.7 Å². The Morgan fingerprint density at radius 1 is 1.25 bits per heavy atom. The van der Waals surface area contributed by atoms with E-state index < -0.39 is 29.7 Å². The largest absolute Gasteiger partial charge is 0.487 e. The fourth-order valence-corrected chi connectivity index (χ4v) is 4.87. The highest BCUT2D eigenvalue weighted by Gasteiger charge is 2.34. The van der Waals surface area contributed by atoms with Crippen molar-refractivity contribution in [1.29, 1.82) is 0 Å². The van der Waals surface area contributed by atoms with Crippen LogP contribution in [0.3, 0.4) is 0 Å². The second-order valence-electron chi connectivity index (χ2n) is 8.79. The van der Waals surface area contributed by atoms with Gasteiger partial charge in [0.15, 0.2) is 5.82 Å². The Bertz CT molecular complexity index is 1480. The van der Waals surface area contributed by atoms with E-state index in [1.165, 1.54) is 27.9 Å². The van der Waals surface area contributed by atoms with Gasteiger partial charge in [-0.3, -0.25) is 4.79 Å². The van der Waals surface area contributed by atoms with Crippen LogP contribution in [0, 0.1) is 18.6 Å². The van der Waals surface area contributed by atoms with E-state index in [1.54, 1.807) is 25.1 Å². The number of rotatable bonds is 6. The molecule has 0 radical (unpaired) electrons.